The molecule has 0 aliphatic heterocycles. The molecule has 1 aromatic heterocycles. The molecule has 0 atom stereocenters. The highest BCUT2D eigenvalue weighted by Gasteiger charge is 2.10. The Morgan fingerprint density at radius 3 is 2.86 bits per heavy atom. The van der Waals surface area contributed by atoms with E-state index in [-0.39, 0.29) is 6.61 Å². The van der Waals surface area contributed by atoms with Crippen molar-refractivity contribution < 1.29 is 13.9 Å². The second-order valence-electron chi connectivity index (χ2n) is 4.06. The third-order valence-corrected chi connectivity index (χ3v) is 3.39. The Kier molecular flexibility index (Phi) is 5.26. The Hall–Kier alpha value is -1.97. The maximum atomic E-state index is 11.3. The van der Waals surface area contributed by atoms with Gasteiger partial charge in [-0.05, 0) is 30.3 Å². The van der Waals surface area contributed by atoms with Crippen LogP contribution in [-0.2, 0) is 9.53 Å². The van der Waals surface area contributed by atoms with Crippen molar-refractivity contribution in [3.8, 4) is 11.3 Å². The van der Waals surface area contributed by atoms with Crippen LogP contribution in [0.3, 0.4) is 0 Å². The van der Waals surface area contributed by atoms with E-state index in [2.05, 4.69) is 6.58 Å². The predicted octanol–water partition coefficient (Wildman–Crippen LogP) is 5.00. The second-order valence-corrected chi connectivity index (χ2v) is 4.84. The van der Waals surface area contributed by atoms with Gasteiger partial charge >= 0.3 is 5.97 Å². The molecule has 1 heterocycles. The molecule has 0 N–H and O–H groups in total. The van der Waals surface area contributed by atoms with Crippen LogP contribution in [0.15, 0.2) is 53.5 Å². The van der Waals surface area contributed by atoms with Crippen LogP contribution in [0, 0.1) is 0 Å². The summed E-state index contributed by atoms with van der Waals surface area (Å²) in [5.41, 5.74) is 0.693. The van der Waals surface area contributed by atoms with Gasteiger partial charge in [-0.15, -0.1) is 0 Å². The molecule has 0 aliphatic rings. The molecular formula is C16H12Cl2O3. The van der Waals surface area contributed by atoms with Gasteiger partial charge in [-0.3, -0.25) is 0 Å². The first-order valence-corrected chi connectivity index (χ1v) is 6.87. The maximum Gasteiger partial charge on any atom is 0.331 e. The number of ether oxygens (including phenoxy) is 1. The van der Waals surface area contributed by atoms with E-state index in [1.807, 2.05) is 0 Å². The molecule has 0 saturated carbocycles. The monoisotopic (exact) mass is 322 g/mol. The van der Waals surface area contributed by atoms with Gasteiger partial charge in [-0.25, -0.2) is 4.79 Å². The van der Waals surface area contributed by atoms with Crippen molar-refractivity contribution in [3.63, 3.8) is 0 Å². The molecule has 0 bridgehead atoms. The number of furan rings is 1. The quantitative estimate of drug-likeness (QED) is 0.442. The fourth-order valence-corrected chi connectivity index (χ4v) is 2.01. The van der Waals surface area contributed by atoms with Crippen LogP contribution in [0.1, 0.15) is 5.76 Å². The summed E-state index contributed by atoms with van der Waals surface area (Å²) in [6, 6.07) is 8.77. The summed E-state index contributed by atoms with van der Waals surface area (Å²) in [6.07, 6.45) is 4.30. The smallest absolute Gasteiger partial charge is 0.331 e. The average molecular weight is 323 g/mol. The van der Waals surface area contributed by atoms with Crippen LogP contribution in [-0.4, -0.2) is 12.6 Å². The van der Waals surface area contributed by atoms with Crippen LogP contribution < -0.4 is 0 Å². The topological polar surface area (TPSA) is 39.4 Å². The fourth-order valence-electron chi connectivity index (χ4n) is 1.62. The summed E-state index contributed by atoms with van der Waals surface area (Å²) in [4.78, 5) is 11.3. The van der Waals surface area contributed by atoms with Crippen molar-refractivity contribution in [2.45, 2.75) is 0 Å². The number of esters is 1. The fraction of sp³-hybridized carbons (Fsp3) is 0.0625. The standard InChI is InChI=1S/C16H12Cl2O3/c1-2-10-20-15(19)9-7-11-6-8-14(21-11)12-4-3-5-13(17)16(12)18/h2-9H,1,10H2/b9-7+. The SMILES string of the molecule is C=CCOC(=O)/C=C/c1ccc(-c2cccc(Cl)c2Cl)o1. The maximum absolute atomic E-state index is 11.3. The second kappa shape index (κ2) is 7.16. The van der Waals surface area contributed by atoms with Crippen LogP contribution in [0.25, 0.3) is 17.4 Å². The zero-order chi connectivity index (χ0) is 15.2. The number of carbonyl (C=O) groups is 1. The van der Waals surface area contributed by atoms with Gasteiger partial charge in [0.25, 0.3) is 0 Å². The molecule has 108 valence electrons. The number of benzene rings is 1. The minimum Gasteiger partial charge on any atom is -0.458 e. The van der Waals surface area contributed by atoms with Crippen LogP contribution >= 0.6 is 23.2 Å². The van der Waals surface area contributed by atoms with E-state index < -0.39 is 5.97 Å². The molecule has 21 heavy (non-hydrogen) atoms. The molecule has 0 fully saturated rings. The van der Waals surface area contributed by atoms with E-state index >= 15 is 0 Å². The molecule has 0 unspecified atom stereocenters. The Morgan fingerprint density at radius 1 is 1.29 bits per heavy atom. The summed E-state index contributed by atoms with van der Waals surface area (Å²) in [7, 11) is 0. The normalized spacial score (nSPS) is 10.8. The molecule has 0 saturated heterocycles. The summed E-state index contributed by atoms with van der Waals surface area (Å²) in [5.74, 6) is 0.617. The first kappa shape index (κ1) is 15.4. The molecular weight excluding hydrogens is 311 g/mol. The van der Waals surface area contributed by atoms with Gasteiger partial charge < -0.3 is 9.15 Å². The number of halogens is 2. The Morgan fingerprint density at radius 2 is 2.10 bits per heavy atom. The van der Waals surface area contributed by atoms with Gasteiger partial charge in [0.15, 0.2) is 0 Å². The molecule has 2 aromatic rings. The average Bonchev–Trinajstić information content (AvgIpc) is 2.94. The van der Waals surface area contributed by atoms with E-state index in [1.54, 1.807) is 30.3 Å². The minimum atomic E-state index is -0.464. The summed E-state index contributed by atoms with van der Waals surface area (Å²) in [6.45, 7) is 3.63. The first-order chi connectivity index (χ1) is 10.1. The Balaban J connectivity index is 2.15. The molecule has 0 amide bonds. The van der Waals surface area contributed by atoms with Crippen molar-refractivity contribution in [1.29, 1.82) is 0 Å². The first-order valence-electron chi connectivity index (χ1n) is 6.12. The molecule has 2 rings (SSSR count). The summed E-state index contributed by atoms with van der Waals surface area (Å²) >= 11 is 12.1. The lowest BCUT2D eigenvalue weighted by molar-refractivity contribution is -0.136. The van der Waals surface area contributed by atoms with Gasteiger partial charge in [0.2, 0.25) is 0 Å². The van der Waals surface area contributed by atoms with E-state index in [9.17, 15) is 4.79 Å². The highest BCUT2D eigenvalue weighted by molar-refractivity contribution is 6.43. The third-order valence-electron chi connectivity index (χ3n) is 2.57. The van der Waals surface area contributed by atoms with Gasteiger partial charge in [-0.2, -0.15) is 0 Å². The third kappa shape index (κ3) is 4.00. The summed E-state index contributed by atoms with van der Waals surface area (Å²) < 4.78 is 10.4. The molecule has 0 aliphatic carbocycles. The lowest BCUT2D eigenvalue weighted by Gasteiger charge is -2.01. The zero-order valence-corrected chi connectivity index (χ0v) is 12.5. The summed E-state index contributed by atoms with van der Waals surface area (Å²) in [5, 5.41) is 0.880. The molecule has 5 heteroatoms. The van der Waals surface area contributed by atoms with Gasteiger partial charge in [0, 0.05) is 11.6 Å². The van der Waals surface area contributed by atoms with Crippen LogP contribution in [0.4, 0.5) is 0 Å². The van der Waals surface area contributed by atoms with Gasteiger partial charge in [0.1, 0.15) is 18.1 Å². The van der Waals surface area contributed by atoms with E-state index in [0.717, 1.165) is 0 Å². The number of hydrogen-bond donors (Lipinski definition) is 0. The van der Waals surface area contributed by atoms with Crippen molar-refractivity contribution >= 4 is 35.2 Å². The predicted molar refractivity (Wildman–Crippen MR) is 84.4 cm³/mol. The van der Waals surface area contributed by atoms with Crippen molar-refractivity contribution in [2.24, 2.45) is 0 Å². The van der Waals surface area contributed by atoms with Gasteiger partial charge in [-0.1, -0.05) is 41.9 Å². The number of hydrogen-bond acceptors (Lipinski definition) is 3. The molecule has 0 radical (unpaired) electrons. The number of rotatable bonds is 5. The minimum absolute atomic E-state index is 0.171. The van der Waals surface area contributed by atoms with Crippen molar-refractivity contribution in [1.82, 2.24) is 0 Å². The lowest BCUT2D eigenvalue weighted by Crippen LogP contribution is -1.99. The Bertz CT molecular complexity index is 687. The van der Waals surface area contributed by atoms with Crippen LogP contribution in [0.2, 0.25) is 10.0 Å². The van der Waals surface area contributed by atoms with Crippen LogP contribution in [0.5, 0.6) is 0 Å². The largest absolute Gasteiger partial charge is 0.458 e. The molecule has 1 aromatic carbocycles. The van der Waals surface area contributed by atoms with E-state index in [1.165, 1.54) is 18.2 Å². The number of carbonyl (C=O) groups excluding carboxylic acids is 1. The molecule has 0 spiro atoms. The lowest BCUT2D eigenvalue weighted by atomic mass is 10.2. The van der Waals surface area contributed by atoms with E-state index in [4.69, 9.17) is 32.4 Å². The highest BCUT2D eigenvalue weighted by atomic mass is 35.5. The highest BCUT2D eigenvalue weighted by Crippen LogP contribution is 2.34. The van der Waals surface area contributed by atoms with E-state index in [0.29, 0.717) is 27.1 Å². The van der Waals surface area contributed by atoms with Crippen molar-refractivity contribution in [2.75, 3.05) is 6.61 Å². The molecule has 3 nitrogen and oxygen atoms in total. The van der Waals surface area contributed by atoms with Crippen molar-refractivity contribution in [3.05, 3.63) is 64.9 Å². The zero-order valence-electron chi connectivity index (χ0n) is 11.0. The van der Waals surface area contributed by atoms with Gasteiger partial charge in [0.05, 0.1) is 10.0 Å². The Labute approximate surface area is 132 Å².